The molecule has 3 saturated heterocycles. The molecule has 0 bridgehead atoms. The predicted octanol–water partition coefficient (Wildman–Crippen LogP) is 2.57. The number of nitriles is 1. The van der Waals surface area contributed by atoms with Gasteiger partial charge in [-0.3, -0.25) is 9.69 Å². The molecule has 3 fully saturated rings. The smallest absolute Gasteiger partial charge is 0.223 e. The molecular formula is C23H31N3O3. The largest absolute Gasteiger partial charge is 0.378 e. The Hall–Kier alpha value is -1.94. The molecule has 1 amide bonds. The second kappa shape index (κ2) is 9.25. The van der Waals surface area contributed by atoms with Crippen molar-refractivity contribution < 1.29 is 14.3 Å². The molecule has 4 rings (SSSR count). The SMILES string of the molecule is N#Cc1ccc(CN2CCC3(CC2)CC(CC(=O)N2CCOCC2)CCO3)cc1. The maximum Gasteiger partial charge on any atom is 0.223 e. The molecule has 0 saturated carbocycles. The zero-order chi connectivity index (χ0) is 20.1. The normalized spacial score (nSPS) is 24.9. The van der Waals surface area contributed by atoms with Crippen LogP contribution in [0, 0.1) is 17.2 Å². The van der Waals surface area contributed by atoms with Crippen molar-refractivity contribution in [3.05, 3.63) is 35.4 Å². The van der Waals surface area contributed by atoms with E-state index in [2.05, 4.69) is 11.0 Å². The Kier molecular flexibility index (Phi) is 6.49. The monoisotopic (exact) mass is 397 g/mol. The van der Waals surface area contributed by atoms with E-state index in [9.17, 15) is 4.79 Å². The summed E-state index contributed by atoms with van der Waals surface area (Å²) in [7, 11) is 0. The molecule has 1 spiro atoms. The lowest BCUT2D eigenvalue weighted by molar-refractivity contribution is -0.145. The van der Waals surface area contributed by atoms with E-state index in [0.29, 0.717) is 31.1 Å². The highest BCUT2D eigenvalue weighted by atomic mass is 16.5. The van der Waals surface area contributed by atoms with Gasteiger partial charge in [-0.05, 0) is 49.3 Å². The Morgan fingerprint density at radius 1 is 1.10 bits per heavy atom. The second-order valence-electron chi connectivity index (χ2n) is 8.67. The van der Waals surface area contributed by atoms with E-state index in [1.807, 2.05) is 29.2 Å². The van der Waals surface area contributed by atoms with Crippen LogP contribution in [0.3, 0.4) is 0 Å². The van der Waals surface area contributed by atoms with Crippen LogP contribution in [0.4, 0.5) is 0 Å². The van der Waals surface area contributed by atoms with Crippen LogP contribution in [-0.2, 0) is 20.8 Å². The summed E-state index contributed by atoms with van der Waals surface area (Å²) in [6.45, 7) is 6.53. The average Bonchev–Trinajstić information content (AvgIpc) is 2.77. The lowest BCUT2D eigenvalue weighted by Gasteiger charge is -2.46. The Morgan fingerprint density at radius 2 is 1.83 bits per heavy atom. The fraction of sp³-hybridized carbons (Fsp3) is 0.652. The summed E-state index contributed by atoms with van der Waals surface area (Å²) in [6, 6.07) is 10.0. The van der Waals surface area contributed by atoms with Gasteiger partial charge in [0, 0.05) is 45.8 Å². The number of morpholine rings is 1. The van der Waals surface area contributed by atoms with Gasteiger partial charge in [0.2, 0.25) is 5.91 Å². The van der Waals surface area contributed by atoms with E-state index < -0.39 is 0 Å². The van der Waals surface area contributed by atoms with Crippen molar-refractivity contribution in [2.45, 2.75) is 44.2 Å². The Labute approximate surface area is 173 Å². The summed E-state index contributed by atoms with van der Waals surface area (Å²) >= 11 is 0. The van der Waals surface area contributed by atoms with Crippen LogP contribution >= 0.6 is 0 Å². The van der Waals surface area contributed by atoms with Crippen molar-refractivity contribution in [2.24, 2.45) is 5.92 Å². The third-order valence-corrected chi connectivity index (χ3v) is 6.68. The first kappa shape index (κ1) is 20.3. The minimum absolute atomic E-state index is 0.0463. The first-order valence-corrected chi connectivity index (χ1v) is 10.9. The van der Waals surface area contributed by atoms with Gasteiger partial charge in [-0.1, -0.05) is 12.1 Å². The molecule has 0 N–H and O–H groups in total. The zero-order valence-corrected chi connectivity index (χ0v) is 17.1. The van der Waals surface area contributed by atoms with Crippen molar-refractivity contribution in [3.8, 4) is 6.07 Å². The van der Waals surface area contributed by atoms with Crippen LogP contribution in [0.2, 0.25) is 0 Å². The van der Waals surface area contributed by atoms with Gasteiger partial charge in [0.15, 0.2) is 0 Å². The third-order valence-electron chi connectivity index (χ3n) is 6.68. The molecule has 1 aromatic carbocycles. The Bertz CT molecular complexity index is 729. The molecule has 0 aromatic heterocycles. The van der Waals surface area contributed by atoms with E-state index in [0.717, 1.165) is 65.0 Å². The fourth-order valence-electron chi connectivity index (χ4n) is 4.90. The number of ether oxygens (including phenoxy) is 2. The number of hydrogen-bond donors (Lipinski definition) is 0. The quantitative estimate of drug-likeness (QED) is 0.781. The molecule has 3 heterocycles. The summed E-state index contributed by atoms with van der Waals surface area (Å²) in [6.07, 6.45) is 4.72. The number of nitrogens with zero attached hydrogens (tertiary/aromatic N) is 3. The van der Waals surface area contributed by atoms with Crippen molar-refractivity contribution >= 4 is 5.91 Å². The molecule has 1 aromatic rings. The minimum atomic E-state index is -0.0463. The van der Waals surface area contributed by atoms with Crippen LogP contribution in [0.5, 0.6) is 0 Å². The highest BCUT2D eigenvalue weighted by Crippen LogP contribution is 2.39. The van der Waals surface area contributed by atoms with E-state index in [1.165, 1.54) is 5.56 Å². The number of hydrogen-bond acceptors (Lipinski definition) is 5. The molecule has 1 atom stereocenters. The van der Waals surface area contributed by atoms with Gasteiger partial charge >= 0.3 is 0 Å². The molecule has 3 aliphatic heterocycles. The number of piperidine rings is 1. The van der Waals surface area contributed by atoms with E-state index in [-0.39, 0.29) is 11.5 Å². The van der Waals surface area contributed by atoms with Gasteiger partial charge in [-0.15, -0.1) is 0 Å². The number of carbonyl (C=O) groups is 1. The van der Waals surface area contributed by atoms with Crippen LogP contribution in [-0.4, -0.2) is 67.3 Å². The fourth-order valence-corrected chi connectivity index (χ4v) is 4.90. The van der Waals surface area contributed by atoms with Crippen LogP contribution in [0.1, 0.15) is 43.2 Å². The van der Waals surface area contributed by atoms with Crippen molar-refractivity contribution in [2.75, 3.05) is 46.0 Å². The van der Waals surface area contributed by atoms with Crippen LogP contribution in [0.15, 0.2) is 24.3 Å². The lowest BCUT2D eigenvalue weighted by Crippen LogP contribution is -2.50. The van der Waals surface area contributed by atoms with Crippen molar-refractivity contribution in [3.63, 3.8) is 0 Å². The van der Waals surface area contributed by atoms with Gasteiger partial charge in [0.05, 0.1) is 30.4 Å². The molecule has 156 valence electrons. The number of carbonyl (C=O) groups excluding carboxylic acids is 1. The molecule has 0 radical (unpaired) electrons. The summed E-state index contributed by atoms with van der Waals surface area (Å²) in [4.78, 5) is 17.1. The maximum atomic E-state index is 12.6. The van der Waals surface area contributed by atoms with Gasteiger partial charge in [0.25, 0.3) is 0 Å². The lowest BCUT2D eigenvalue weighted by atomic mass is 9.78. The molecule has 3 aliphatic rings. The van der Waals surface area contributed by atoms with Crippen LogP contribution in [0.25, 0.3) is 0 Å². The van der Waals surface area contributed by atoms with Gasteiger partial charge in [-0.25, -0.2) is 0 Å². The molecule has 1 unspecified atom stereocenters. The second-order valence-corrected chi connectivity index (χ2v) is 8.67. The molecule has 6 nitrogen and oxygen atoms in total. The van der Waals surface area contributed by atoms with Crippen LogP contribution < -0.4 is 0 Å². The topological polar surface area (TPSA) is 65.8 Å². The van der Waals surface area contributed by atoms with Gasteiger partial charge in [-0.2, -0.15) is 5.26 Å². The standard InChI is InChI=1S/C23H31N3O3/c24-17-19-1-3-20(4-2-19)18-25-8-6-23(7-9-25)16-21(5-12-29-23)15-22(27)26-10-13-28-14-11-26/h1-4,21H,5-16,18H2. The predicted molar refractivity (Wildman–Crippen MR) is 109 cm³/mol. The first-order chi connectivity index (χ1) is 14.2. The molecular weight excluding hydrogens is 366 g/mol. The number of benzene rings is 1. The first-order valence-electron chi connectivity index (χ1n) is 10.9. The molecule has 6 heteroatoms. The average molecular weight is 398 g/mol. The van der Waals surface area contributed by atoms with Gasteiger partial charge < -0.3 is 14.4 Å². The summed E-state index contributed by atoms with van der Waals surface area (Å²) < 4.78 is 11.6. The zero-order valence-electron chi connectivity index (χ0n) is 17.1. The van der Waals surface area contributed by atoms with E-state index >= 15 is 0 Å². The summed E-state index contributed by atoms with van der Waals surface area (Å²) in [5, 5.41) is 8.94. The highest BCUT2D eigenvalue weighted by Gasteiger charge is 2.41. The molecule has 29 heavy (non-hydrogen) atoms. The van der Waals surface area contributed by atoms with Crippen molar-refractivity contribution in [1.82, 2.24) is 9.80 Å². The minimum Gasteiger partial charge on any atom is -0.378 e. The van der Waals surface area contributed by atoms with Crippen molar-refractivity contribution in [1.29, 1.82) is 5.26 Å². The van der Waals surface area contributed by atoms with E-state index in [1.54, 1.807) is 0 Å². The Balaban J connectivity index is 1.27. The maximum absolute atomic E-state index is 12.6. The summed E-state index contributed by atoms with van der Waals surface area (Å²) in [5.74, 6) is 0.720. The number of amides is 1. The summed E-state index contributed by atoms with van der Waals surface area (Å²) in [5.41, 5.74) is 1.91. The highest BCUT2D eigenvalue weighted by molar-refractivity contribution is 5.76. The molecule has 0 aliphatic carbocycles. The number of rotatable bonds is 4. The third kappa shape index (κ3) is 5.16. The number of likely N-dealkylation sites (tertiary alicyclic amines) is 1. The Morgan fingerprint density at radius 3 is 2.52 bits per heavy atom. The van der Waals surface area contributed by atoms with E-state index in [4.69, 9.17) is 14.7 Å². The van der Waals surface area contributed by atoms with Gasteiger partial charge in [0.1, 0.15) is 0 Å².